The van der Waals surface area contributed by atoms with Crippen LogP contribution in [0.5, 0.6) is 0 Å². The van der Waals surface area contributed by atoms with E-state index in [-0.39, 0.29) is 6.04 Å². The second-order valence-corrected chi connectivity index (χ2v) is 9.66. The quantitative estimate of drug-likeness (QED) is 0.237. The zero-order chi connectivity index (χ0) is 30.1. The summed E-state index contributed by atoms with van der Waals surface area (Å²) in [4.78, 5) is 18.5. The Labute approximate surface area is 249 Å². The molecule has 4 heterocycles. The van der Waals surface area contributed by atoms with Crippen LogP contribution < -0.4 is 5.73 Å². The lowest BCUT2D eigenvalue weighted by Crippen LogP contribution is -2.49. The van der Waals surface area contributed by atoms with E-state index < -0.39 is 0 Å². The van der Waals surface area contributed by atoms with Gasteiger partial charge in [-0.05, 0) is 48.9 Å². The maximum absolute atomic E-state index is 9.27. The Morgan fingerprint density at radius 3 is 2.29 bits per heavy atom. The summed E-state index contributed by atoms with van der Waals surface area (Å²) < 4.78 is 2.06. The molecule has 0 spiro atoms. The highest BCUT2D eigenvalue weighted by Gasteiger charge is 2.23. The minimum atomic E-state index is 0.225. The Bertz CT molecular complexity index is 1620. The molecule has 1 saturated heterocycles. The van der Waals surface area contributed by atoms with Crippen LogP contribution in [0.3, 0.4) is 0 Å². The molecule has 2 N–H and O–H groups in total. The molecule has 0 bridgehead atoms. The van der Waals surface area contributed by atoms with Crippen LogP contribution in [-0.2, 0) is 6.54 Å². The van der Waals surface area contributed by atoms with Crippen molar-refractivity contribution in [3.8, 4) is 34.5 Å². The van der Waals surface area contributed by atoms with Gasteiger partial charge in [-0.25, -0.2) is 15.0 Å². The van der Waals surface area contributed by atoms with E-state index in [0.717, 1.165) is 59.9 Å². The van der Waals surface area contributed by atoms with Gasteiger partial charge in [-0.15, -0.1) is 0 Å². The Hall–Kier alpha value is -4.74. The fourth-order valence-electron chi connectivity index (χ4n) is 5.09. The third-order valence-corrected chi connectivity index (χ3v) is 7.09. The summed E-state index contributed by atoms with van der Waals surface area (Å²) in [5.74, 6) is 1.13. The van der Waals surface area contributed by atoms with Crippen molar-refractivity contribution in [2.45, 2.75) is 47.2 Å². The zero-order valence-corrected chi connectivity index (χ0v) is 25.2. The summed E-state index contributed by atoms with van der Waals surface area (Å²) in [7, 11) is 0. The molecule has 1 fully saturated rings. The molecule has 1 aliphatic heterocycles. The second-order valence-electron chi connectivity index (χ2n) is 9.66. The molecule has 216 valence electrons. The highest BCUT2D eigenvalue weighted by atomic mass is 15.3. The van der Waals surface area contributed by atoms with Gasteiger partial charge in [0.1, 0.15) is 11.3 Å². The molecule has 0 radical (unpaired) electrons. The van der Waals surface area contributed by atoms with Crippen LogP contribution in [0.25, 0.3) is 39.5 Å². The Balaban J connectivity index is 0.000000972. The van der Waals surface area contributed by atoms with E-state index in [1.165, 1.54) is 5.56 Å². The normalized spacial score (nSPS) is 14.8. The molecule has 1 unspecified atom stereocenters. The van der Waals surface area contributed by atoms with E-state index in [0.29, 0.717) is 11.6 Å². The summed E-state index contributed by atoms with van der Waals surface area (Å²) in [6.07, 6.45) is 3.98. The summed E-state index contributed by atoms with van der Waals surface area (Å²) >= 11 is 0. The van der Waals surface area contributed by atoms with Gasteiger partial charge in [0.25, 0.3) is 0 Å². The molecule has 5 aromatic rings. The molecule has 0 saturated carbocycles. The maximum atomic E-state index is 9.27. The first-order chi connectivity index (χ1) is 20.6. The Morgan fingerprint density at radius 1 is 0.881 bits per heavy atom. The average Bonchev–Trinajstić information content (AvgIpc) is 3.43. The lowest BCUT2D eigenvalue weighted by Gasteiger charge is -2.36. The number of hydrogen-bond donors (Lipinski definition) is 1. The summed E-state index contributed by atoms with van der Waals surface area (Å²) in [6, 6.07) is 26.7. The maximum Gasteiger partial charge on any atom is 0.179 e. The van der Waals surface area contributed by atoms with Crippen LogP contribution in [-0.4, -0.2) is 55.0 Å². The minimum absolute atomic E-state index is 0.225. The van der Waals surface area contributed by atoms with E-state index in [9.17, 15) is 5.26 Å². The number of hydrogen-bond acceptors (Lipinski definition) is 7. The van der Waals surface area contributed by atoms with Crippen molar-refractivity contribution in [3.63, 3.8) is 0 Å². The van der Waals surface area contributed by atoms with Gasteiger partial charge in [0.15, 0.2) is 17.7 Å². The molecule has 6 rings (SSSR count). The number of benzene rings is 2. The molecule has 8 nitrogen and oxygen atoms in total. The number of nitrogen functional groups attached to an aromatic ring is 1. The zero-order valence-electron chi connectivity index (χ0n) is 25.2. The van der Waals surface area contributed by atoms with Gasteiger partial charge in [0.2, 0.25) is 0 Å². The van der Waals surface area contributed by atoms with Gasteiger partial charge in [0, 0.05) is 49.7 Å². The number of fused-ring (bicyclic) bond motifs is 1. The molecule has 3 aromatic heterocycles. The predicted molar refractivity (Wildman–Crippen MR) is 172 cm³/mol. The van der Waals surface area contributed by atoms with Gasteiger partial charge in [-0.3, -0.25) is 9.47 Å². The number of nitrogens with two attached hydrogens (primary N) is 1. The van der Waals surface area contributed by atoms with Crippen LogP contribution in [0.1, 0.15) is 40.2 Å². The van der Waals surface area contributed by atoms with Crippen LogP contribution in [0.4, 0.5) is 5.82 Å². The van der Waals surface area contributed by atoms with Crippen LogP contribution in [0, 0.1) is 11.5 Å². The summed E-state index contributed by atoms with van der Waals surface area (Å²) in [5.41, 5.74) is 12.7. The SMILES string of the molecule is CC.CC.CC1CN(Cc2ccc(-n3c(-c4cccnc4N)nc4ccc(-c5ccccc5)nc43)cc2)CCN1C#N. The van der Waals surface area contributed by atoms with Gasteiger partial charge in [-0.1, -0.05) is 70.2 Å². The number of rotatable bonds is 5. The fraction of sp³-hybridized carbons (Fsp3) is 0.294. The average molecular weight is 561 g/mol. The molecule has 2 aromatic carbocycles. The van der Waals surface area contributed by atoms with Crippen molar-refractivity contribution in [1.82, 2.24) is 29.3 Å². The molecule has 8 heteroatoms. The van der Waals surface area contributed by atoms with Crippen molar-refractivity contribution >= 4 is 17.0 Å². The molecule has 42 heavy (non-hydrogen) atoms. The smallest absolute Gasteiger partial charge is 0.179 e. The molecular formula is C34H40N8. The molecule has 1 aliphatic rings. The predicted octanol–water partition coefficient (Wildman–Crippen LogP) is 6.77. The van der Waals surface area contributed by atoms with Gasteiger partial charge in [-0.2, -0.15) is 5.26 Å². The van der Waals surface area contributed by atoms with Crippen molar-refractivity contribution in [2.24, 2.45) is 0 Å². The lowest BCUT2D eigenvalue weighted by atomic mass is 10.1. The number of piperazine rings is 1. The number of aromatic nitrogens is 4. The van der Waals surface area contributed by atoms with E-state index >= 15 is 0 Å². The minimum Gasteiger partial charge on any atom is -0.383 e. The van der Waals surface area contributed by atoms with Crippen LogP contribution in [0.2, 0.25) is 0 Å². The highest BCUT2D eigenvalue weighted by molar-refractivity contribution is 5.84. The third kappa shape index (κ3) is 6.42. The molecular weight excluding hydrogens is 520 g/mol. The molecule has 0 amide bonds. The first-order valence-corrected chi connectivity index (χ1v) is 14.7. The standard InChI is InChI=1S/C30H28N8.2C2H6/c1-21-18-36(16-17-37(21)20-31)19-22-9-11-24(12-10-22)38-29(25-8-5-15-33-28(25)32)35-27-14-13-26(34-30(27)38)23-6-3-2-4-7-23;2*1-2/h2-15,21H,16-19H2,1H3,(H2,32,33);2*1-2H3. The lowest BCUT2D eigenvalue weighted by molar-refractivity contribution is 0.121. The Kier molecular flexibility index (Phi) is 10.2. The number of anilines is 1. The fourth-order valence-corrected chi connectivity index (χ4v) is 5.09. The van der Waals surface area contributed by atoms with Gasteiger partial charge in [0.05, 0.1) is 11.3 Å². The summed E-state index contributed by atoms with van der Waals surface area (Å²) in [5, 5.41) is 9.27. The van der Waals surface area contributed by atoms with Crippen molar-refractivity contribution in [3.05, 3.63) is 90.6 Å². The van der Waals surface area contributed by atoms with Crippen LogP contribution >= 0.6 is 0 Å². The molecule has 1 atom stereocenters. The van der Waals surface area contributed by atoms with Gasteiger partial charge < -0.3 is 10.6 Å². The second kappa shape index (κ2) is 14.2. The van der Waals surface area contributed by atoms with Crippen molar-refractivity contribution < 1.29 is 0 Å². The van der Waals surface area contributed by atoms with E-state index in [4.69, 9.17) is 15.7 Å². The summed E-state index contributed by atoms with van der Waals surface area (Å²) in [6.45, 7) is 13.5. The van der Waals surface area contributed by atoms with E-state index in [2.05, 4.69) is 64.0 Å². The highest BCUT2D eigenvalue weighted by Crippen LogP contribution is 2.32. The largest absolute Gasteiger partial charge is 0.383 e. The molecule has 0 aliphatic carbocycles. The first-order valence-electron chi connectivity index (χ1n) is 14.7. The van der Waals surface area contributed by atoms with Gasteiger partial charge >= 0.3 is 0 Å². The third-order valence-electron chi connectivity index (χ3n) is 7.09. The van der Waals surface area contributed by atoms with E-state index in [1.807, 2.05) is 75.1 Å². The van der Waals surface area contributed by atoms with E-state index in [1.54, 1.807) is 6.20 Å². The topological polar surface area (TPSA) is 99.9 Å². The monoisotopic (exact) mass is 560 g/mol. The van der Waals surface area contributed by atoms with Crippen molar-refractivity contribution in [1.29, 1.82) is 5.26 Å². The van der Waals surface area contributed by atoms with Crippen molar-refractivity contribution in [2.75, 3.05) is 25.4 Å². The number of nitrogens with zero attached hydrogens (tertiary/aromatic N) is 7. The van der Waals surface area contributed by atoms with Crippen LogP contribution in [0.15, 0.2) is 85.1 Å². The number of nitriles is 1. The number of pyridine rings is 2. The Morgan fingerprint density at radius 2 is 1.62 bits per heavy atom. The number of imidazole rings is 1. The first kappa shape index (κ1) is 30.2.